The van der Waals surface area contributed by atoms with Crippen LogP contribution in [0.15, 0.2) is 64.4 Å². The summed E-state index contributed by atoms with van der Waals surface area (Å²) in [6.07, 6.45) is 0. The zero-order valence-electron chi connectivity index (χ0n) is 16.7. The normalized spacial score (nSPS) is 10.9. The van der Waals surface area contributed by atoms with Crippen molar-refractivity contribution in [2.45, 2.75) is 23.6 Å². The van der Waals surface area contributed by atoms with Gasteiger partial charge in [0.15, 0.2) is 0 Å². The first-order chi connectivity index (χ1) is 14.8. The molecule has 0 fully saturated rings. The SMILES string of the molecule is Cc1cc(C)c2c(N)c(C(=O)Nc3ccc(Sc4ccc([N+](=O)[O-])cc4)cc3)sc2n1. The molecule has 0 saturated heterocycles. The lowest BCUT2D eigenvalue weighted by molar-refractivity contribution is -0.384. The lowest BCUT2D eigenvalue weighted by Gasteiger charge is -2.06. The van der Waals surface area contributed by atoms with E-state index in [0.29, 0.717) is 16.3 Å². The van der Waals surface area contributed by atoms with Gasteiger partial charge in [0.05, 0.1) is 10.6 Å². The number of aromatic nitrogens is 1. The van der Waals surface area contributed by atoms with Crippen LogP contribution < -0.4 is 11.1 Å². The number of hydrogen-bond acceptors (Lipinski definition) is 7. The molecule has 1 amide bonds. The standard InChI is InChI=1S/C22H18N4O3S2/c1-12-11-13(2)24-22-18(12)19(23)20(31-22)21(27)25-14-3-7-16(8-4-14)30-17-9-5-15(6-10-17)26(28)29/h3-11H,23H2,1-2H3,(H,25,27). The summed E-state index contributed by atoms with van der Waals surface area (Å²) in [6.45, 7) is 3.88. The number of thiophene rings is 1. The topological polar surface area (TPSA) is 111 Å². The van der Waals surface area contributed by atoms with Crippen molar-refractivity contribution >= 4 is 56.3 Å². The van der Waals surface area contributed by atoms with Gasteiger partial charge in [-0.1, -0.05) is 11.8 Å². The number of nitro groups is 1. The number of carbonyl (C=O) groups is 1. The minimum atomic E-state index is -0.423. The van der Waals surface area contributed by atoms with Gasteiger partial charge in [-0.15, -0.1) is 11.3 Å². The number of nitro benzene ring substituents is 1. The van der Waals surface area contributed by atoms with Gasteiger partial charge >= 0.3 is 0 Å². The minimum absolute atomic E-state index is 0.0588. The molecule has 0 unspecified atom stereocenters. The molecule has 0 aliphatic carbocycles. The van der Waals surface area contributed by atoms with E-state index < -0.39 is 4.92 Å². The molecular weight excluding hydrogens is 432 g/mol. The monoisotopic (exact) mass is 450 g/mol. The molecule has 156 valence electrons. The average molecular weight is 451 g/mol. The molecule has 0 aliphatic rings. The number of nitrogens with one attached hydrogen (secondary N) is 1. The second kappa shape index (κ2) is 8.37. The molecule has 0 atom stereocenters. The number of nitrogens with two attached hydrogens (primary N) is 1. The van der Waals surface area contributed by atoms with Crippen molar-refractivity contribution in [2.75, 3.05) is 11.1 Å². The summed E-state index contributed by atoms with van der Waals surface area (Å²) in [6, 6.07) is 15.7. The van der Waals surface area contributed by atoms with Crippen molar-refractivity contribution in [1.82, 2.24) is 4.98 Å². The van der Waals surface area contributed by atoms with Gasteiger partial charge in [-0.2, -0.15) is 0 Å². The van der Waals surface area contributed by atoms with Crippen LogP contribution in [0.1, 0.15) is 20.9 Å². The number of carbonyl (C=O) groups excluding carboxylic acids is 1. The molecule has 9 heteroatoms. The van der Waals surface area contributed by atoms with E-state index in [-0.39, 0.29) is 11.6 Å². The highest BCUT2D eigenvalue weighted by atomic mass is 32.2. The predicted octanol–water partition coefficient (Wildman–Crippen LogP) is 5.81. The van der Waals surface area contributed by atoms with Crippen molar-refractivity contribution in [3.05, 3.63) is 80.8 Å². The smallest absolute Gasteiger partial charge is 0.269 e. The molecule has 0 aliphatic heterocycles. The van der Waals surface area contributed by atoms with E-state index in [1.165, 1.54) is 35.2 Å². The van der Waals surface area contributed by atoms with Gasteiger partial charge < -0.3 is 11.1 Å². The second-order valence-electron chi connectivity index (χ2n) is 6.94. The third-order valence-corrected chi connectivity index (χ3v) is 6.74. The highest BCUT2D eigenvalue weighted by Crippen LogP contribution is 2.35. The zero-order valence-corrected chi connectivity index (χ0v) is 18.3. The predicted molar refractivity (Wildman–Crippen MR) is 125 cm³/mol. The number of nitrogens with zero attached hydrogens (tertiary/aromatic N) is 2. The number of rotatable bonds is 5. The first-order valence-corrected chi connectivity index (χ1v) is 10.9. The molecule has 2 aromatic carbocycles. The first kappa shape index (κ1) is 20.8. The second-order valence-corrected chi connectivity index (χ2v) is 9.08. The van der Waals surface area contributed by atoms with E-state index in [4.69, 9.17) is 5.73 Å². The third kappa shape index (κ3) is 4.37. The quantitative estimate of drug-likeness (QED) is 0.293. The van der Waals surface area contributed by atoms with Crippen molar-refractivity contribution in [2.24, 2.45) is 0 Å². The number of amides is 1. The molecule has 2 aromatic heterocycles. The first-order valence-electron chi connectivity index (χ1n) is 9.32. The Hall–Kier alpha value is -3.43. The lowest BCUT2D eigenvalue weighted by Crippen LogP contribution is -2.11. The van der Waals surface area contributed by atoms with Crippen LogP contribution in [0.3, 0.4) is 0 Å². The van der Waals surface area contributed by atoms with E-state index in [2.05, 4.69) is 10.3 Å². The van der Waals surface area contributed by atoms with E-state index in [9.17, 15) is 14.9 Å². The Morgan fingerprint density at radius 2 is 1.71 bits per heavy atom. The molecule has 3 N–H and O–H groups in total. The highest BCUT2D eigenvalue weighted by Gasteiger charge is 2.19. The Labute approximate surface area is 186 Å². The largest absolute Gasteiger partial charge is 0.397 e. The molecule has 0 spiro atoms. The molecule has 4 aromatic rings. The Morgan fingerprint density at radius 3 is 2.32 bits per heavy atom. The molecule has 4 rings (SSSR count). The summed E-state index contributed by atoms with van der Waals surface area (Å²) in [7, 11) is 0. The fourth-order valence-electron chi connectivity index (χ4n) is 3.20. The summed E-state index contributed by atoms with van der Waals surface area (Å²) in [5.41, 5.74) is 9.30. The summed E-state index contributed by atoms with van der Waals surface area (Å²) < 4.78 is 0. The van der Waals surface area contributed by atoms with Crippen molar-refractivity contribution in [3.63, 3.8) is 0 Å². The van der Waals surface area contributed by atoms with Crippen LogP contribution in [0.2, 0.25) is 0 Å². The van der Waals surface area contributed by atoms with Gasteiger partial charge in [0.1, 0.15) is 9.71 Å². The van der Waals surface area contributed by atoms with Gasteiger partial charge in [-0.3, -0.25) is 14.9 Å². The summed E-state index contributed by atoms with van der Waals surface area (Å²) >= 11 is 2.77. The minimum Gasteiger partial charge on any atom is -0.397 e. The maximum absolute atomic E-state index is 12.8. The van der Waals surface area contributed by atoms with Crippen LogP contribution in [-0.2, 0) is 0 Å². The fraction of sp³-hybridized carbons (Fsp3) is 0.0909. The van der Waals surface area contributed by atoms with Crippen molar-refractivity contribution in [3.8, 4) is 0 Å². The Bertz CT molecular complexity index is 1300. The van der Waals surface area contributed by atoms with Gasteiger partial charge in [-0.05, 0) is 61.9 Å². The third-order valence-electron chi connectivity index (χ3n) is 4.63. The highest BCUT2D eigenvalue weighted by molar-refractivity contribution is 7.99. The van der Waals surface area contributed by atoms with Crippen molar-refractivity contribution < 1.29 is 9.72 Å². The summed E-state index contributed by atoms with van der Waals surface area (Å²) in [5, 5.41) is 14.5. The maximum atomic E-state index is 12.8. The molecule has 2 heterocycles. The van der Waals surface area contributed by atoms with Crippen LogP contribution in [0.5, 0.6) is 0 Å². The summed E-state index contributed by atoms with van der Waals surface area (Å²) in [5.74, 6) is -0.270. The Morgan fingerprint density at radius 1 is 1.10 bits per heavy atom. The number of pyridine rings is 1. The van der Waals surface area contributed by atoms with Gasteiger partial charge in [-0.25, -0.2) is 4.98 Å². The van der Waals surface area contributed by atoms with Gasteiger partial charge in [0, 0.05) is 38.7 Å². The van der Waals surface area contributed by atoms with E-state index in [1.807, 2.05) is 44.2 Å². The van der Waals surface area contributed by atoms with Crippen LogP contribution in [0, 0.1) is 24.0 Å². The number of anilines is 2. The molecule has 7 nitrogen and oxygen atoms in total. The molecule has 31 heavy (non-hydrogen) atoms. The Balaban J connectivity index is 1.48. The van der Waals surface area contributed by atoms with E-state index >= 15 is 0 Å². The number of non-ortho nitro benzene ring substituents is 1. The molecular formula is C22H18N4O3S2. The van der Waals surface area contributed by atoms with Crippen LogP contribution in [0.25, 0.3) is 10.2 Å². The van der Waals surface area contributed by atoms with Crippen LogP contribution in [0.4, 0.5) is 17.1 Å². The number of hydrogen-bond donors (Lipinski definition) is 2. The van der Waals surface area contributed by atoms with Crippen LogP contribution >= 0.6 is 23.1 Å². The van der Waals surface area contributed by atoms with E-state index in [0.717, 1.165) is 31.3 Å². The van der Waals surface area contributed by atoms with E-state index in [1.54, 1.807) is 12.1 Å². The van der Waals surface area contributed by atoms with Crippen molar-refractivity contribution in [1.29, 1.82) is 0 Å². The molecule has 0 saturated carbocycles. The number of aryl methyl sites for hydroxylation is 2. The number of benzene rings is 2. The number of nitrogen functional groups attached to an aromatic ring is 1. The lowest BCUT2D eigenvalue weighted by atomic mass is 10.1. The molecule has 0 bridgehead atoms. The molecule has 0 radical (unpaired) electrons. The zero-order chi connectivity index (χ0) is 22.1. The fourth-order valence-corrected chi connectivity index (χ4v) is 5.13. The maximum Gasteiger partial charge on any atom is 0.269 e. The average Bonchev–Trinajstić information content (AvgIpc) is 3.06. The summed E-state index contributed by atoms with van der Waals surface area (Å²) in [4.78, 5) is 30.7. The van der Waals surface area contributed by atoms with Crippen LogP contribution in [-0.4, -0.2) is 15.8 Å². The Kier molecular flexibility index (Phi) is 5.62. The van der Waals surface area contributed by atoms with Gasteiger partial charge in [0.2, 0.25) is 0 Å². The van der Waals surface area contributed by atoms with Gasteiger partial charge in [0.25, 0.3) is 11.6 Å². The number of fused-ring (bicyclic) bond motifs is 1.